The summed E-state index contributed by atoms with van der Waals surface area (Å²) >= 11 is 0. The van der Waals surface area contributed by atoms with Gasteiger partial charge in [0.15, 0.2) is 5.96 Å². The van der Waals surface area contributed by atoms with Crippen LogP contribution in [0.4, 0.5) is 0 Å². The molecular weight excluding hydrogens is 367 g/mol. The van der Waals surface area contributed by atoms with Crippen LogP contribution in [0.1, 0.15) is 26.2 Å². The zero-order chi connectivity index (χ0) is 14.1. The molecule has 20 heavy (non-hydrogen) atoms. The number of nitrogens with one attached hydrogen (secondary N) is 2. The highest BCUT2D eigenvalue weighted by Crippen LogP contribution is 2.34. The van der Waals surface area contributed by atoms with Crippen LogP contribution in [0.2, 0.25) is 0 Å². The maximum Gasteiger partial charge on any atom is 0.191 e. The summed E-state index contributed by atoms with van der Waals surface area (Å²) in [5, 5.41) is 6.74. The van der Waals surface area contributed by atoms with Gasteiger partial charge in [-0.05, 0) is 46.2 Å². The van der Waals surface area contributed by atoms with Crippen LogP contribution in [-0.4, -0.2) is 64.3 Å². The van der Waals surface area contributed by atoms with Crippen molar-refractivity contribution in [3.63, 3.8) is 0 Å². The molecular formula is C14H31IN4O. The molecule has 1 aliphatic rings. The number of hydrogen-bond acceptors (Lipinski definition) is 3. The Labute approximate surface area is 140 Å². The fourth-order valence-electron chi connectivity index (χ4n) is 2.20. The second-order valence-corrected chi connectivity index (χ2v) is 5.30. The summed E-state index contributed by atoms with van der Waals surface area (Å²) in [6.45, 7) is 5.48. The fourth-order valence-corrected chi connectivity index (χ4v) is 2.20. The van der Waals surface area contributed by atoms with Crippen LogP contribution in [0.3, 0.4) is 0 Å². The van der Waals surface area contributed by atoms with Gasteiger partial charge in [-0.25, -0.2) is 0 Å². The van der Waals surface area contributed by atoms with Crippen molar-refractivity contribution >= 4 is 29.9 Å². The molecule has 1 rings (SSSR count). The molecule has 2 N–H and O–H groups in total. The van der Waals surface area contributed by atoms with E-state index in [0.29, 0.717) is 6.04 Å². The van der Waals surface area contributed by atoms with E-state index in [1.54, 1.807) is 0 Å². The number of nitrogens with zero attached hydrogens (tertiary/aromatic N) is 2. The molecule has 6 heteroatoms. The lowest BCUT2D eigenvalue weighted by atomic mass is 10.1. The lowest BCUT2D eigenvalue weighted by Gasteiger charge is -2.25. The highest BCUT2D eigenvalue weighted by molar-refractivity contribution is 14.0. The molecule has 5 nitrogen and oxygen atoms in total. The van der Waals surface area contributed by atoms with E-state index in [2.05, 4.69) is 34.6 Å². The molecule has 0 aliphatic heterocycles. The summed E-state index contributed by atoms with van der Waals surface area (Å²) in [4.78, 5) is 6.56. The molecule has 0 aromatic heterocycles. The molecule has 0 spiro atoms. The Morgan fingerprint density at radius 2 is 2.05 bits per heavy atom. The number of aliphatic imine (C=N–C) groups is 1. The summed E-state index contributed by atoms with van der Waals surface area (Å²) in [6.07, 6.45) is 3.74. The largest absolute Gasteiger partial charge is 0.382 e. The van der Waals surface area contributed by atoms with Gasteiger partial charge in [-0.3, -0.25) is 4.99 Å². The van der Waals surface area contributed by atoms with Crippen LogP contribution in [0, 0.1) is 5.92 Å². The number of likely N-dealkylation sites (N-methyl/N-ethyl adjacent to an activating group) is 1. The summed E-state index contributed by atoms with van der Waals surface area (Å²) in [5.74, 6) is 1.75. The molecule has 120 valence electrons. The van der Waals surface area contributed by atoms with Crippen LogP contribution in [0.25, 0.3) is 0 Å². The maximum atomic E-state index is 5.31. The number of guanidine groups is 1. The first-order valence-electron chi connectivity index (χ1n) is 7.37. The molecule has 1 aliphatic carbocycles. The highest BCUT2D eigenvalue weighted by Gasteiger charge is 2.32. The number of hydrogen-bond donors (Lipinski definition) is 2. The third kappa shape index (κ3) is 8.26. The topological polar surface area (TPSA) is 48.9 Å². The summed E-state index contributed by atoms with van der Waals surface area (Å²) in [7, 11) is 6.13. The molecule has 0 bridgehead atoms. The van der Waals surface area contributed by atoms with Crippen molar-refractivity contribution in [3.8, 4) is 0 Å². The zero-order valence-corrected chi connectivity index (χ0v) is 15.6. The monoisotopic (exact) mass is 398 g/mol. The minimum atomic E-state index is 0. The lowest BCUT2D eigenvalue weighted by molar-refractivity contribution is 0.145. The van der Waals surface area contributed by atoms with Gasteiger partial charge in [-0.15, -0.1) is 24.0 Å². The SMILES string of the molecule is CCOCCCNC(=NC)NCC(C1CC1)N(C)C.I. The molecule has 0 heterocycles. The van der Waals surface area contributed by atoms with Gasteiger partial charge in [-0.1, -0.05) is 0 Å². The molecule has 0 saturated heterocycles. The predicted molar refractivity (Wildman–Crippen MR) is 96.1 cm³/mol. The van der Waals surface area contributed by atoms with Gasteiger partial charge < -0.3 is 20.3 Å². The third-order valence-electron chi connectivity index (χ3n) is 3.49. The second kappa shape index (κ2) is 11.6. The fraction of sp³-hybridized carbons (Fsp3) is 0.929. The summed E-state index contributed by atoms with van der Waals surface area (Å²) < 4.78 is 5.31. The minimum Gasteiger partial charge on any atom is -0.382 e. The number of halogens is 1. The van der Waals surface area contributed by atoms with Gasteiger partial charge in [0.1, 0.15) is 0 Å². The Kier molecular flexibility index (Phi) is 11.5. The summed E-state index contributed by atoms with van der Waals surface area (Å²) in [6, 6.07) is 0.613. The van der Waals surface area contributed by atoms with Crippen LogP contribution in [-0.2, 0) is 4.74 Å². The first-order chi connectivity index (χ1) is 9.19. The lowest BCUT2D eigenvalue weighted by Crippen LogP contribution is -2.46. The quantitative estimate of drug-likeness (QED) is 0.268. The van der Waals surface area contributed by atoms with Crippen molar-refractivity contribution < 1.29 is 4.74 Å². The van der Waals surface area contributed by atoms with Crippen LogP contribution in [0.15, 0.2) is 4.99 Å². The third-order valence-corrected chi connectivity index (χ3v) is 3.49. The zero-order valence-electron chi connectivity index (χ0n) is 13.3. The van der Waals surface area contributed by atoms with Gasteiger partial charge in [-0.2, -0.15) is 0 Å². The van der Waals surface area contributed by atoms with E-state index in [1.165, 1.54) is 12.8 Å². The van der Waals surface area contributed by atoms with Crippen LogP contribution < -0.4 is 10.6 Å². The van der Waals surface area contributed by atoms with Gasteiger partial charge in [0.25, 0.3) is 0 Å². The Hall–Kier alpha value is -0.0800. The van der Waals surface area contributed by atoms with Crippen molar-refractivity contribution in [2.75, 3.05) is 47.4 Å². The molecule has 1 saturated carbocycles. The molecule has 0 amide bonds. The van der Waals surface area contributed by atoms with Gasteiger partial charge in [0, 0.05) is 39.4 Å². The van der Waals surface area contributed by atoms with Crippen molar-refractivity contribution in [2.24, 2.45) is 10.9 Å². The molecule has 0 aromatic rings. The Morgan fingerprint density at radius 1 is 1.35 bits per heavy atom. The van der Waals surface area contributed by atoms with E-state index in [1.807, 2.05) is 14.0 Å². The molecule has 1 unspecified atom stereocenters. The molecule has 1 atom stereocenters. The van der Waals surface area contributed by atoms with E-state index in [9.17, 15) is 0 Å². The van der Waals surface area contributed by atoms with E-state index in [4.69, 9.17) is 4.74 Å². The Balaban J connectivity index is 0.00000361. The highest BCUT2D eigenvalue weighted by atomic mass is 127. The van der Waals surface area contributed by atoms with E-state index in [0.717, 1.165) is 44.6 Å². The normalized spacial score (nSPS) is 16.8. The van der Waals surface area contributed by atoms with Crippen molar-refractivity contribution in [1.82, 2.24) is 15.5 Å². The van der Waals surface area contributed by atoms with Crippen LogP contribution >= 0.6 is 24.0 Å². The maximum absolute atomic E-state index is 5.31. The van der Waals surface area contributed by atoms with Gasteiger partial charge in [0.2, 0.25) is 0 Å². The number of rotatable bonds is 9. The van der Waals surface area contributed by atoms with Crippen molar-refractivity contribution in [3.05, 3.63) is 0 Å². The molecule has 0 aromatic carbocycles. The number of ether oxygens (including phenoxy) is 1. The average Bonchev–Trinajstić information content (AvgIpc) is 3.20. The van der Waals surface area contributed by atoms with Crippen molar-refractivity contribution in [2.45, 2.75) is 32.2 Å². The first-order valence-corrected chi connectivity index (χ1v) is 7.37. The van der Waals surface area contributed by atoms with E-state index < -0.39 is 0 Å². The average molecular weight is 398 g/mol. The minimum absolute atomic E-state index is 0. The Morgan fingerprint density at radius 3 is 2.55 bits per heavy atom. The molecule has 1 fully saturated rings. The first kappa shape index (κ1) is 19.9. The Bertz CT molecular complexity index is 268. The smallest absolute Gasteiger partial charge is 0.191 e. The van der Waals surface area contributed by atoms with E-state index >= 15 is 0 Å². The van der Waals surface area contributed by atoms with E-state index in [-0.39, 0.29) is 24.0 Å². The standard InChI is InChI=1S/C14H30N4O.HI/c1-5-19-10-6-9-16-14(15-2)17-11-13(18(3)4)12-7-8-12;/h12-13H,5-11H2,1-4H3,(H2,15,16,17);1H. The predicted octanol–water partition coefficient (Wildman–Crippen LogP) is 1.54. The molecule has 0 radical (unpaired) electrons. The van der Waals surface area contributed by atoms with Gasteiger partial charge >= 0.3 is 0 Å². The van der Waals surface area contributed by atoms with Crippen LogP contribution in [0.5, 0.6) is 0 Å². The van der Waals surface area contributed by atoms with Crippen molar-refractivity contribution in [1.29, 1.82) is 0 Å². The summed E-state index contributed by atoms with van der Waals surface area (Å²) in [5.41, 5.74) is 0. The second-order valence-electron chi connectivity index (χ2n) is 5.30. The van der Waals surface area contributed by atoms with Gasteiger partial charge in [0.05, 0.1) is 0 Å².